The number of piperidine rings is 1. The van der Waals surface area contributed by atoms with Crippen LogP contribution in [0.15, 0.2) is 0 Å². The molecular formula is C22H32N4OS. The summed E-state index contributed by atoms with van der Waals surface area (Å²) in [6.07, 6.45) is 4.93. The molecule has 1 saturated carbocycles. The van der Waals surface area contributed by atoms with Gasteiger partial charge in [-0.25, -0.2) is 9.97 Å². The van der Waals surface area contributed by atoms with Gasteiger partial charge in [0.25, 0.3) is 5.91 Å². The number of thiophene rings is 1. The van der Waals surface area contributed by atoms with Crippen LogP contribution in [0.25, 0.3) is 10.2 Å². The Morgan fingerprint density at radius 1 is 1.25 bits per heavy atom. The second kappa shape index (κ2) is 7.38. The van der Waals surface area contributed by atoms with Gasteiger partial charge in [0.2, 0.25) is 0 Å². The highest BCUT2D eigenvalue weighted by atomic mass is 32.1. The summed E-state index contributed by atoms with van der Waals surface area (Å²) in [4.78, 5) is 26.7. The largest absolute Gasteiger partial charge is 0.349 e. The van der Waals surface area contributed by atoms with Crippen LogP contribution in [0.3, 0.4) is 0 Å². The molecule has 1 saturated heterocycles. The Balaban J connectivity index is 1.50. The second-order valence-corrected chi connectivity index (χ2v) is 10.4. The van der Waals surface area contributed by atoms with E-state index >= 15 is 0 Å². The van der Waals surface area contributed by atoms with Crippen molar-refractivity contribution in [3.8, 4) is 0 Å². The summed E-state index contributed by atoms with van der Waals surface area (Å²) in [5.74, 6) is 2.23. The highest BCUT2D eigenvalue weighted by Gasteiger charge is 2.31. The van der Waals surface area contributed by atoms with Crippen LogP contribution < -0.4 is 5.32 Å². The molecule has 1 aliphatic heterocycles. The average molecular weight is 401 g/mol. The zero-order valence-corrected chi connectivity index (χ0v) is 18.6. The Bertz CT molecular complexity index is 900. The number of amides is 1. The van der Waals surface area contributed by atoms with E-state index in [1.165, 1.54) is 37.0 Å². The van der Waals surface area contributed by atoms with Crippen molar-refractivity contribution >= 4 is 27.5 Å². The Morgan fingerprint density at radius 2 is 2.00 bits per heavy atom. The van der Waals surface area contributed by atoms with Crippen LogP contribution in [0.4, 0.5) is 0 Å². The number of hydrogen-bond donors (Lipinski definition) is 1. The van der Waals surface area contributed by atoms with Gasteiger partial charge < -0.3 is 5.32 Å². The maximum atomic E-state index is 13.0. The summed E-state index contributed by atoms with van der Waals surface area (Å²) in [5, 5.41) is 4.26. The number of likely N-dealkylation sites (tertiary alicyclic amines) is 1. The van der Waals surface area contributed by atoms with Gasteiger partial charge >= 0.3 is 0 Å². The van der Waals surface area contributed by atoms with E-state index in [9.17, 15) is 4.79 Å². The molecule has 152 valence electrons. The number of aryl methyl sites for hydroxylation is 2. The molecule has 0 radical (unpaired) electrons. The molecule has 1 aliphatic carbocycles. The first-order valence-electron chi connectivity index (χ1n) is 10.6. The van der Waals surface area contributed by atoms with Crippen LogP contribution in [0.5, 0.6) is 0 Å². The van der Waals surface area contributed by atoms with Crippen LogP contribution in [0, 0.1) is 19.8 Å². The molecule has 2 aromatic heterocycles. The monoisotopic (exact) mass is 400 g/mol. The lowest BCUT2D eigenvalue weighted by Gasteiger charge is -2.43. The van der Waals surface area contributed by atoms with Crippen molar-refractivity contribution in [2.75, 3.05) is 19.6 Å². The lowest BCUT2D eigenvalue weighted by atomic mass is 9.93. The van der Waals surface area contributed by atoms with Gasteiger partial charge in [-0.15, -0.1) is 11.3 Å². The van der Waals surface area contributed by atoms with Crippen molar-refractivity contribution in [3.63, 3.8) is 0 Å². The number of nitrogens with one attached hydrogen (secondary N) is 1. The maximum absolute atomic E-state index is 13.0. The third-order valence-corrected chi connectivity index (χ3v) is 7.52. The molecule has 1 atom stereocenters. The Morgan fingerprint density at radius 3 is 2.68 bits per heavy atom. The predicted molar refractivity (Wildman–Crippen MR) is 115 cm³/mol. The molecule has 1 unspecified atom stereocenters. The number of aromatic nitrogens is 2. The van der Waals surface area contributed by atoms with Gasteiger partial charge in [-0.1, -0.05) is 6.92 Å². The minimum atomic E-state index is -0.0379. The van der Waals surface area contributed by atoms with Crippen molar-refractivity contribution in [3.05, 3.63) is 22.0 Å². The SMILES string of the molecule is Cc1nc(C2CC2)nc2sc(C(=O)NCC(C)(C)N3CCCC(C)C3)c(C)c12. The van der Waals surface area contributed by atoms with E-state index in [-0.39, 0.29) is 11.4 Å². The third kappa shape index (κ3) is 3.81. The van der Waals surface area contributed by atoms with Gasteiger partial charge in [0.05, 0.1) is 10.6 Å². The van der Waals surface area contributed by atoms with E-state index in [0.29, 0.717) is 12.5 Å². The fourth-order valence-electron chi connectivity index (χ4n) is 4.33. The average Bonchev–Trinajstić information content (AvgIpc) is 3.44. The molecule has 0 aromatic carbocycles. The van der Waals surface area contributed by atoms with Gasteiger partial charge in [0.15, 0.2) is 0 Å². The quantitative estimate of drug-likeness (QED) is 0.807. The minimum Gasteiger partial charge on any atom is -0.349 e. The number of carbonyl (C=O) groups is 1. The van der Waals surface area contributed by atoms with Crippen LogP contribution in [0.2, 0.25) is 0 Å². The zero-order chi connectivity index (χ0) is 20.1. The van der Waals surface area contributed by atoms with Gasteiger partial charge in [-0.2, -0.15) is 0 Å². The fourth-order valence-corrected chi connectivity index (χ4v) is 5.48. The Labute approximate surface area is 171 Å². The molecule has 5 nitrogen and oxygen atoms in total. The molecule has 3 heterocycles. The molecule has 4 rings (SSSR count). The lowest BCUT2D eigenvalue weighted by molar-refractivity contribution is 0.0658. The summed E-state index contributed by atoms with van der Waals surface area (Å²) in [6, 6.07) is 0. The van der Waals surface area contributed by atoms with Gasteiger partial charge in [0, 0.05) is 29.9 Å². The molecule has 28 heavy (non-hydrogen) atoms. The number of fused-ring (bicyclic) bond motifs is 1. The molecule has 0 spiro atoms. The molecule has 2 aromatic rings. The molecular weight excluding hydrogens is 368 g/mol. The number of hydrogen-bond acceptors (Lipinski definition) is 5. The van der Waals surface area contributed by atoms with E-state index in [4.69, 9.17) is 9.97 Å². The summed E-state index contributed by atoms with van der Waals surface area (Å²) in [6.45, 7) is 13.7. The minimum absolute atomic E-state index is 0.0194. The fraction of sp³-hybridized carbons (Fsp3) is 0.682. The van der Waals surface area contributed by atoms with E-state index in [1.54, 1.807) is 0 Å². The van der Waals surface area contributed by atoms with Crippen LogP contribution in [-0.4, -0.2) is 45.9 Å². The number of carbonyl (C=O) groups excluding carboxylic acids is 1. The van der Waals surface area contributed by atoms with Crippen molar-refractivity contribution in [1.82, 2.24) is 20.2 Å². The smallest absolute Gasteiger partial charge is 0.261 e. The lowest BCUT2D eigenvalue weighted by Crippen LogP contribution is -2.54. The summed E-state index contributed by atoms with van der Waals surface area (Å²) in [7, 11) is 0. The van der Waals surface area contributed by atoms with E-state index < -0.39 is 0 Å². The molecule has 2 aliphatic rings. The first-order valence-corrected chi connectivity index (χ1v) is 11.4. The van der Waals surface area contributed by atoms with Crippen LogP contribution in [0.1, 0.15) is 79.1 Å². The summed E-state index contributed by atoms with van der Waals surface area (Å²) >= 11 is 1.52. The van der Waals surface area contributed by atoms with Crippen molar-refractivity contribution in [1.29, 1.82) is 0 Å². The van der Waals surface area contributed by atoms with Crippen molar-refractivity contribution in [2.24, 2.45) is 5.92 Å². The van der Waals surface area contributed by atoms with Crippen LogP contribution in [-0.2, 0) is 0 Å². The van der Waals surface area contributed by atoms with E-state index in [1.807, 2.05) is 13.8 Å². The van der Waals surface area contributed by atoms with Gasteiger partial charge in [-0.05, 0) is 71.4 Å². The molecule has 1 N–H and O–H groups in total. The molecule has 6 heteroatoms. The molecule has 1 amide bonds. The zero-order valence-electron chi connectivity index (χ0n) is 17.8. The van der Waals surface area contributed by atoms with Crippen LogP contribution >= 0.6 is 11.3 Å². The summed E-state index contributed by atoms with van der Waals surface area (Å²) in [5.41, 5.74) is 1.98. The highest BCUT2D eigenvalue weighted by Crippen LogP contribution is 2.40. The van der Waals surface area contributed by atoms with E-state index in [0.717, 1.165) is 51.2 Å². The Kier molecular flexibility index (Phi) is 5.21. The van der Waals surface area contributed by atoms with Crippen molar-refractivity contribution < 1.29 is 4.79 Å². The van der Waals surface area contributed by atoms with E-state index in [2.05, 4.69) is 31.0 Å². The first kappa shape index (κ1) is 19.8. The van der Waals surface area contributed by atoms with Crippen molar-refractivity contribution in [2.45, 2.75) is 71.8 Å². The first-order chi connectivity index (χ1) is 13.3. The normalized spacial score (nSPS) is 21.2. The second-order valence-electron chi connectivity index (χ2n) is 9.37. The number of nitrogens with zero attached hydrogens (tertiary/aromatic N) is 3. The standard InChI is InChI=1S/C22H32N4OS/c1-13-7-6-10-26(11-13)22(4,5)12-23-20(27)18-14(2)17-15(3)24-19(16-8-9-16)25-21(17)28-18/h13,16H,6-12H2,1-5H3,(H,23,27). The topological polar surface area (TPSA) is 58.1 Å². The summed E-state index contributed by atoms with van der Waals surface area (Å²) < 4.78 is 0. The number of rotatable bonds is 5. The highest BCUT2D eigenvalue weighted by molar-refractivity contribution is 7.20. The predicted octanol–water partition coefficient (Wildman–Crippen LogP) is 4.43. The third-order valence-electron chi connectivity index (χ3n) is 6.33. The van der Waals surface area contributed by atoms with Gasteiger partial charge in [-0.3, -0.25) is 9.69 Å². The molecule has 2 fully saturated rings. The van der Waals surface area contributed by atoms with Gasteiger partial charge in [0.1, 0.15) is 10.7 Å². The molecule has 0 bridgehead atoms. The maximum Gasteiger partial charge on any atom is 0.261 e. The Hall–Kier alpha value is -1.53.